The zero-order chi connectivity index (χ0) is 17.2. The zero-order valence-corrected chi connectivity index (χ0v) is 15.4. The highest BCUT2D eigenvalue weighted by Crippen LogP contribution is 2.78. The van der Waals surface area contributed by atoms with Gasteiger partial charge in [0, 0.05) is 22.7 Å². The maximum Gasteiger partial charge on any atom is 0.149 e. The molecule has 0 spiro atoms. The second-order valence-corrected chi connectivity index (χ2v) is 9.27. The average molecular weight is 322 g/mol. The van der Waals surface area contributed by atoms with Crippen LogP contribution in [0.2, 0.25) is 0 Å². The third-order valence-electron chi connectivity index (χ3n) is 8.73. The monoisotopic (exact) mass is 322 g/mol. The van der Waals surface area contributed by atoms with Gasteiger partial charge in [0.05, 0.1) is 17.6 Å². The Morgan fingerprint density at radius 3 is 2.00 bits per heavy atom. The Bertz CT molecular complexity index is 832. The van der Waals surface area contributed by atoms with Crippen LogP contribution < -0.4 is 0 Å². The molecule has 126 valence electrons. The molecule has 1 aromatic carbocycles. The van der Waals surface area contributed by atoms with Gasteiger partial charge < -0.3 is 4.74 Å². The van der Waals surface area contributed by atoms with Crippen LogP contribution in [0.15, 0.2) is 35.4 Å². The summed E-state index contributed by atoms with van der Waals surface area (Å²) in [6.07, 6.45) is 0.208. The van der Waals surface area contributed by atoms with Crippen molar-refractivity contribution in [2.75, 3.05) is 0 Å². The standard InChI is InChI=1S/C22H26O2/c1-11-12(2)22(6)16-15(21(11,5)19(23)20(22,3)4)17-13-9-7-8-10-14(13)18(16)24-17/h7-10,15-18H,1-6H3/t15-,16-,17+,18+,21+,22+/m1/s1. The SMILES string of the molecule is CC1=C(C)[C@@]2(C)[C@@H]3[C@H]([C@H]4O[C@H]3c3ccccc34)[C@@]1(C)C(=O)C2(C)C. The highest BCUT2D eigenvalue weighted by molar-refractivity contribution is 5.97. The molecule has 1 saturated carbocycles. The van der Waals surface area contributed by atoms with Crippen molar-refractivity contribution in [3.63, 3.8) is 0 Å². The summed E-state index contributed by atoms with van der Waals surface area (Å²) in [6.45, 7) is 13.3. The Balaban J connectivity index is 1.85. The van der Waals surface area contributed by atoms with Gasteiger partial charge in [-0.15, -0.1) is 0 Å². The molecule has 0 unspecified atom stereocenters. The Morgan fingerprint density at radius 1 is 0.875 bits per heavy atom. The first-order chi connectivity index (χ1) is 11.2. The van der Waals surface area contributed by atoms with Crippen LogP contribution in [0.3, 0.4) is 0 Å². The van der Waals surface area contributed by atoms with E-state index in [1.54, 1.807) is 0 Å². The van der Waals surface area contributed by atoms with Crippen molar-refractivity contribution in [1.29, 1.82) is 0 Å². The summed E-state index contributed by atoms with van der Waals surface area (Å²) in [5.41, 5.74) is 4.50. The number of benzene rings is 1. The lowest BCUT2D eigenvalue weighted by Crippen LogP contribution is -2.67. The normalized spacial score (nSPS) is 47.2. The molecule has 6 atom stereocenters. The van der Waals surface area contributed by atoms with Crippen molar-refractivity contribution in [3.8, 4) is 0 Å². The van der Waals surface area contributed by atoms with Gasteiger partial charge in [-0.1, -0.05) is 56.2 Å². The van der Waals surface area contributed by atoms with E-state index in [-0.39, 0.29) is 29.0 Å². The van der Waals surface area contributed by atoms with Gasteiger partial charge in [-0.3, -0.25) is 4.79 Å². The van der Waals surface area contributed by atoms with Crippen molar-refractivity contribution in [2.24, 2.45) is 28.1 Å². The summed E-state index contributed by atoms with van der Waals surface area (Å²) in [5.74, 6) is 1.07. The molecule has 2 fully saturated rings. The number of allylic oxidation sites excluding steroid dienone is 2. The molecule has 0 radical (unpaired) electrons. The highest BCUT2D eigenvalue weighted by atomic mass is 16.5. The van der Waals surface area contributed by atoms with Gasteiger partial charge >= 0.3 is 0 Å². The van der Waals surface area contributed by atoms with E-state index in [1.165, 1.54) is 22.3 Å². The molecule has 6 rings (SSSR count). The molecule has 1 saturated heterocycles. The fourth-order valence-electron chi connectivity index (χ4n) is 6.96. The predicted molar refractivity (Wildman–Crippen MR) is 93.4 cm³/mol. The van der Waals surface area contributed by atoms with Gasteiger partial charge in [0.15, 0.2) is 0 Å². The summed E-state index contributed by atoms with van der Waals surface area (Å²) in [7, 11) is 0. The summed E-state index contributed by atoms with van der Waals surface area (Å²) in [4.78, 5) is 13.6. The Kier molecular flexibility index (Phi) is 2.41. The molecule has 0 N–H and O–H groups in total. The summed E-state index contributed by atoms with van der Waals surface area (Å²) < 4.78 is 6.56. The first-order valence-corrected chi connectivity index (χ1v) is 9.16. The first-order valence-electron chi connectivity index (χ1n) is 9.16. The quantitative estimate of drug-likeness (QED) is 0.627. The minimum absolute atomic E-state index is 0.0728. The third kappa shape index (κ3) is 1.16. The minimum atomic E-state index is -0.400. The number of fused-ring (bicyclic) bond motifs is 6. The Hall–Kier alpha value is -1.41. The van der Waals surface area contributed by atoms with Gasteiger partial charge in [0.2, 0.25) is 0 Å². The fourth-order valence-corrected chi connectivity index (χ4v) is 6.96. The number of ether oxygens (including phenoxy) is 1. The van der Waals surface area contributed by atoms with Crippen LogP contribution in [-0.4, -0.2) is 5.78 Å². The van der Waals surface area contributed by atoms with Crippen molar-refractivity contribution in [2.45, 2.75) is 53.8 Å². The van der Waals surface area contributed by atoms with Crippen LogP contribution >= 0.6 is 0 Å². The smallest absolute Gasteiger partial charge is 0.149 e. The summed E-state index contributed by atoms with van der Waals surface area (Å²) in [6, 6.07) is 8.65. The van der Waals surface area contributed by atoms with Crippen LogP contribution in [0.1, 0.15) is 64.9 Å². The van der Waals surface area contributed by atoms with Crippen LogP contribution in [-0.2, 0) is 9.53 Å². The number of carbonyl (C=O) groups is 1. The molecule has 2 heterocycles. The van der Waals surface area contributed by atoms with Crippen molar-refractivity contribution in [1.82, 2.24) is 0 Å². The molecular weight excluding hydrogens is 296 g/mol. The van der Waals surface area contributed by atoms with Crippen LogP contribution in [0.4, 0.5) is 0 Å². The molecule has 2 aliphatic heterocycles. The second kappa shape index (κ2) is 3.88. The second-order valence-electron chi connectivity index (χ2n) is 9.27. The van der Waals surface area contributed by atoms with Gasteiger partial charge in [0.25, 0.3) is 0 Å². The Morgan fingerprint density at radius 2 is 1.42 bits per heavy atom. The van der Waals surface area contributed by atoms with E-state index < -0.39 is 5.41 Å². The molecule has 0 aromatic heterocycles. The number of Topliss-reactive ketones (excluding diaryl/α,β-unsaturated/α-hetero) is 1. The average Bonchev–Trinajstić information content (AvgIpc) is 3.13. The number of carbonyl (C=O) groups excluding carboxylic acids is 1. The fraction of sp³-hybridized carbons (Fsp3) is 0.591. The van der Waals surface area contributed by atoms with Crippen LogP contribution in [0.5, 0.6) is 0 Å². The lowest BCUT2D eigenvalue weighted by molar-refractivity contribution is -0.167. The third-order valence-corrected chi connectivity index (χ3v) is 8.73. The van der Waals surface area contributed by atoms with E-state index in [2.05, 4.69) is 65.8 Å². The van der Waals surface area contributed by atoms with Gasteiger partial charge in [-0.05, 0) is 31.9 Å². The lowest BCUT2D eigenvalue weighted by Gasteiger charge is -2.66. The van der Waals surface area contributed by atoms with E-state index >= 15 is 0 Å². The lowest BCUT2D eigenvalue weighted by atomic mass is 9.34. The number of ketones is 1. The molecule has 1 aromatic rings. The van der Waals surface area contributed by atoms with Crippen LogP contribution in [0.25, 0.3) is 0 Å². The van der Waals surface area contributed by atoms with E-state index in [0.717, 1.165) is 0 Å². The van der Waals surface area contributed by atoms with Gasteiger partial charge in [-0.2, -0.15) is 0 Å². The van der Waals surface area contributed by atoms with E-state index in [0.29, 0.717) is 11.7 Å². The van der Waals surface area contributed by atoms with Gasteiger partial charge in [-0.25, -0.2) is 0 Å². The zero-order valence-electron chi connectivity index (χ0n) is 15.4. The maximum absolute atomic E-state index is 13.6. The summed E-state index contributed by atoms with van der Waals surface area (Å²) in [5, 5.41) is 0. The van der Waals surface area contributed by atoms with E-state index in [9.17, 15) is 4.79 Å². The molecule has 5 aliphatic rings. The molecule has 3 aliphatic carbocycles. The van der Waals surface area contributed by atoms with Crippen LogP contribution in [0, 0.1) is 28.1 Å². The largest absolute Gasteiger partial charge is 0.365 e. The maximum atomic E-state index is 13.6. The van der Waals surface area contributed by atoms with E-state index in [1.807, 2.05) is 0 Å². The molecule has 4 bridgehead atoms. The minimum Gasteiger partial charge on any atom is -0.365 e. The molecule has 0 amide bonds. The molecule has 2 heteroatoms. The number of hydrogen-bond donors (Lipinski definition) is 0. The first kappa shape index (κ1) is 14.9. The number of rotatable bonds is 0. The highest BCUT2D eigenvalue weighted by Gasteiger charge is 2.76. The predicted octanol–water partition coefficient (Wildman–Crippen LogP) is 5.02. The van der Waals surface area contributed by atoms with Crippen molar-refractivity contribution < 1.29 is 9.53 Å². The molecule has 2 nitrogen and oxygen atoms in total. The molecular formula is C22H26O2. The van der Waals surface area contributed by atoms with Crippen molar-refractivity contribution in [3.05, 3.63) is 46.5 Å². The topological polar surface area (TPSA) is 26.3 Å². The van der Waals surface area contributed by atoms with Gasteiger partial charge in [0.1, 0.15) is 5.78 Å². The summed E-state index contributed by atoms with van der Waals surface area (Å²) >= 11 is 0. The Labute approximate surface area is 144 Å². The van der Waals surface area contributed by atoms with Crippen molar-refractivity contribution >= 4 is 5.78 Å². The number of hydrogen-bond acceptors (Lipinski definition) is 2. The molecule has 24 heavy (non-hydrogen) atoms. The van der Waals surface area contributed by atoms with E-state index in [4.69, 9.17) is 4.74 Å².